The van der Waals surface area contributed by atoms with Gasteiger partial charge >= 0.3 is 6.03 Å². The first kappa shape index (κ1) is 24.3. The number of rotatable bonds is 5. The molecule has 2 aromatic heterocycles. The van der Waals surface area contributed by atoms with E-state index in [2.05, 4.69) is 27.4 Å². The second-order valence-electron chi connectivity index (χ2n) is 8.50. The average Bonchev–Trinajstić information content (AvgIpc) is 3.32. The summed E-state index contributed by atoms with van der Waals surface area (Å²) in [7, 11) is 0. The Morgan fingerprint density at radius 2 is 1.94 bits per heavy atom. The minimum absolute atomic E-state index is 0.205. The molecule has 1 aliphatic rings. The number of aryl methyl sites for hydroxylation is 1. The van der Waals surface area contributed by atoms with Gasteiger partial charge in [-0.15, -0.1) is 0 Å². The molecule has 178 valence electrons. The molecule has 0 unspecified atom stereocenters. The number of carbonyl (C=O) groups is 1. The van der Waals surface area contributed by atoms with E-state index in [4.69, 9.17) is 0 Å². The van der Waals surface area contributed by atoms with Gasteiger partial charge in [0.2, 0.25) is 0 Å². The molecule has 0 radical (unpaired) electrons. The smallest absolute Gasteiger partial charge is 0.323 e. The highest BCUT2D eigenvalue weighted by Gasteiger charge is 2.35. The van der Waals surface area contributed by atoms with Crippen LogP contribution in [0.4, 0.5) is 9.93 Å². The van der Waals surface area contributed by atoms with Gasteiger partial charge in [-0.25, -0.2) is 9.78 Å². The normalized spacial score (nSPS) is 14.7. The Bertz CT molecular complexity index is 1330. The van der Waals surface area contributed by atoms with E-state index in [0.29, 0.717) is 48.0 Å². The number of benzene rings is 1. The van der Waals surface area contributed by atoms with Crippen LogP contribution in [0.15, 0.2) is 36.4 Å². The van der Waals surface area contributed by atoms with Gasteiger partial charge in [-0.3, -0.25) is 10.3 Å². The first-order valence-electron chi connectivity index (χ1n) is 11.1. The second-order valence-corrected chi connectivity index (χ2v) is 9.50. The maximum absolute atomic E-state index is 13.0. The topological polar surface area (TPSA) is 146 Å². The zero-order chi connectivity index (χ0) is 25.0. The zero-order valence-electron chi connectivity index (χ0n) is 19.2. The molecule has 3 heterocycles. The van der Waals surface area contributed by atoms with Crippen LogP contribution in [0.25, 0.3) is 21.7 Å². The number of nitrogens with zero attached hydrogens (tertiary/aromatic N) is 5. The Labute approximate surface area is 206 Å². The van der Waals surface area contributed by atoms with Crippen LogP contribution < -0.4 is 5.32 Å². The van der Waals surface area contributed by atoms with E-state index < -0.39 is 5.41 Å². The van der Waals surface area contributed by atoms with Crippen molar-refractivity contribution in [1.29, 1.82) is 10.5 Å². The van der Waals surface area contributed by atoms with Crippen molar-refractivity contribution in [2.45, 2.75) is 26.4 Å². The Balaban J connectivity index is 1.67. The van der Waals surface area contributed by atoms with Crippen molar-refractivity contribution in [3.05, 3.63) is 53.3 Å². The van der Waals surface area contributed by atoms with Crippen molar-refractivity contribution in [1.82, 2.24) is 14.9 Å². The first-order chi connectivity index (χ1) is 16.9. The molecule has 1 aromatic carbocycles. The van der Waals surface area contributed by atoms with E-state index in [9.17, 15) is 25.5 Å². The minimum atomic E-state index is -0.798. The van der Waals surface area contributed by atoms with Crippen LogP contribution in [0.5, 0.6) is 0 Å². The van der Waals surface area contributed by atoms with Gasteiger partial charge in [0.25, 0.3) is 0 Å². The Hall–Kier alpha value is -3.83. The van der Waals surface area contributed by atoms with Crippen LogP contribution in [0.2, 0.25) is 0 Å². The number of nitriles is 2. The van der Waals surface area contributed by atoms with Crippen LogP contribution in [-0.4, -0.2) is 50.8 Å². The van der Waals surface area contributed by atoms with Crippen molar-refractivity contribution in [3.63, 3.8) is 0 Å². The highest BCUT2D eigenvalue weighted by molar-refractivity contribution is 7.19. The molecule has 9 nitrogen and oxygen atoms in total. The lowest BCUT2D eigenvalue weighted by atomic mass is 9.81. The predicted octanol–water partition coefficient (Wildman–Crippen LogP) is 3.67. The molecule has 3 aromatic rings. The zero-order valence-corrected chi connectivity index (χ0v) is 20.0. The largest absolute Gasteiger partial charge is 0.395 e. The quantitative estimate of drug-likeness (QED) is 0.496. The Kier molecular flexibility index (Phi) is 7.08. The number of piperidine rings is 1. The van der Waals surface area contributed by atoms with Gasteiger partial charge in [0.05, 0.1) is 52.6 Å². The SMILES string of the molecule is Cc1cc(-c2sc(NC(=O)N3CCC(C#N)(CO)CC3)nc2-c2cccc(C#N)c2)cc(CO)n1. The van der Waals surface area contributed by atoms with Gasteiger partial charge in [0.15, 0.2) is 5.13 Å². The summed E-state index contributed by atoms with van der Waals surface area (Å²) in [4.78, 5) is 24.4. The van der Waals surface area contributed by atoms with E-state index >= 15 is 0 Å². The molecule has 3 N–H and O–H groups in total. The summed E-state index contributed by atoms with van der Waals surface area (Å²) in [6.07, 6.45) is 0.811. The molecule has 1 aliphatic heterocycles. The molecule has 0 aliphatic carbocycles. The van der Waals surface area contributed by atoms with E-state index in [0.717, 1.165) is 21.7 Å². The summed E-state index contributed by atoms with van der Waals surface area (Å²) in [6.45, 7) is 2.13. The number of hydrogen-bond acceptors (Lipinski definition) is 8. The van der Waals surface area contributed by atoms with Gasteiger partial charge in [0, 0.05) is 24.3 Å². The number of aliphatic hydroxyl groups is 2. The molecule has 1 fully saturated rings. The van der Waals surface area contributed by atoms with Gasteiger partial charge in [-0.2, -0.15) is 10.5 Å². The highest BCUT2D eigenvalue weighted by Crippen LogP contribution is 2.40. The van der Waals surface area contributed by atoms with Crippen LogP contribution in [0, 0.1) is 35.0 Å². The standard InChI is InChI=1S/C25H24N6O3S/c1-16-9-19(11-20(13-32)28-16)22-21(18-4-2-3-17(10-18)12-26)29-23(35-22)30-24(34)31-7-5-25(14-27,15-33)6-8-31/h2-4,9-11,32-33H,5-8,13,15H2,1H3,(H,29,30,34). The highest BCUT2D eigenvalue weighted by atomic mass is 32.1. The van der Waals surface area contributed by atoms with E-state index in [1.807, 2.05) is 19.1 Å². The summed E-state index contributed by atoms with van der Waals surface area (Å²) in [5.74, 6) is 0. The maximum atomic E-state index is 13.0. The number of thiazole rings is 1. The van der Waals surface area contributed by atoms with Crippen molar-refractivity contribution in [3.8, 4) is 33.8 Å². The monoisotopic (exact) mass is 488 g/mol. The molecule has 4 rings (SSSR count). The van der Waals surface area contributed by atoms with Crippen molar-refractivity contribution in [2.75, 3.05) is 25.0 Å². The third-order valence-electron chi connectivity index (χ3n) is 6.08. The number of aromatic nitrogens is 2. The van der Waals surface area contributed by atoms with Crippen molar-refractivity contribution in [2.24, 2.45) is 5.41 Å². The van der Waals surface area contributed by atoms with Gasteiger partial charge in [-0.1, -0.05) is 23.5 Å². The first-order valence-corrected chi connectivity index (χ1v) is 11.9. The summed E-state index contributed by atoms with van der Waals surface area (Å²) >= 11 is 1.30. The molecule has 0 saturated carbocycles. The number of likely N-dealkylation sites (tertiary alicyclic amines) is 1. The second kappa shape index (κ2) is 10.2. The number of aliphatic hydroxyl groups excluding tert-OH is 2. The third-order valence-corrected chi connectivity index (χ3v) is 7.10. The Morgan fingerprint density at radius 3 is 2.60 bits per heavy atom. The van der Waals surface area contributed by atoms with Gasteiger partial charge in [-0.05, 0) is 49.6 Å². The summed E-state index contributed by atoms with van der Waals surface area (Å²) < 4.78 is 0. The van der Waals surface area contributed by atoms with Gasteiger partial charge < -0.3 is 15.1 Å². The number of nitrogens with one attached hydrogen (secondary N) is 1. The van der Waals surface area contributed by atoms with E-state index in [1.165, 1.54) is 11.3 Å². The average molecular weight is 489 g/mol. The lowest BCUT2D eigenvalue weighted by molar-refractivity contribution is 0.100. The Morgan fingerprint density at radius 1 is 1.17 bits per heavy atom. The molecule has 1 saturated heterocycles. The fraction of sp³-hybridized carbons (Fsp3) is 0.320. The summed E-state index contributed by atoms with van der Waals surface area (Å²) in [6, 6.07) is 14.8. The number of amides is 2. The molecule has 0 atom stereocenters. The van der Waals surface area contributed by atoms with E-state index in [-0.39, 0.29) is 19.2 Å². The predicted molar refractivity (Wildman–Crippen MR) is 131 cm³/mol. The molecule has 35 heavy (non-hydrogen) atoms. The lowest BCUT2D eigenvalue weighted by Crippen LogP contribution is -2.45. The third kappa shape index (κ3) is 5.15. The fourth-order valence-electron chi connectivity index (χ4n) is 4.06. The summed E-state index contributed by atoms with van der Waals surface area (Å²) in [5.41, 5.74) is 3.10. The number of hydrogen-bond donors (Lipinski definition) is 3. The van der Waals surface area contributed by atoms with Crippen LogP contribution in [-0.2, 0) is 6.61 Å². The maximum Gasteiger partial charge on any atom is 0.323 e. The van der Waals surface area contributed by atoms with Crippen molar-refractivity contribution < 1.29 is 15.0 Å². The number of pyridine rings is 1. The minimum Gasteiger partial charge on any atom is -0.395 e. The van der Waals surface area contributed by atoms with Crippen LogP contribution in [0.1, 0.15) is 29.8 Å². The molecule has 2 amide bonds. The van der Waals surface area contributed by atoms with Crippen molar-refractivity contribution >= 4 is 22.5 Å². The molecule has 0 bridgehead atoms. The number of anilines is 1. The number of carbonyl (C=O) groups excluding carboxylic acids is 1. The molecular weight excluding hydrogens is 464 g/mol. The van der Waals surface area contributed by atoms with Gasteiger partial charge in [0.1, 0.15) is 0 Å². The van der Waals surface area contributed by atoms with Crippen LogP contribution in [0.3, 0.4) is 0 Å². The fourth-order valence-corrected chi connectivity index (χ4v) is 5.03. The number of urea groups is 1. The van der Waals surface area contributed by atoms with Crippen LogP contribution >= 0.6 is 11.3 Å². The lowest BCUT2D eigenvalue weighted by Gasteiger charge is -2.35. The molecule has 10 heteroatoms. The summed E-state index contributed by atoms with van der Waals surface area (Å²) in [5, 5.41) is 41.1. The molecular formula is C25H24N6O3S. The molecule has 0 spiro atoms. The van der Waals surface area contributed by atoms with E-state index in [1.54, 1.807) is 29.2 Å².